The van der Waals surface area contributed by atoms with Crippen LogP contribution in [0.5, 0.6) is 0 Å². The number of hydrazine groups is 1. The molecule has 3 N–H and O–H groups in total. The fraction of sp³-hybridized carbons (Fsp3) is 0.214. The van der Waals surface area contributed by atoms with Gasteiger partial charge in [-0.05, 0) is 24.1 Å². The first-order chi connectivity index (χ1) is 9.58. The van der Waals surface area contributed by atoms with E-state index in [4.69, 9.17) is 5.84 Å². The van der Waals surface area contributed by atoms with Crippen LogP contribution >= 0.6 is 0 Å². The monoisotopic (exact) mass is 273 g/mol. The number of nitrogens with zero attached hydrogens (tertiary/aromatic N) is 1. The second kappa shape index (κ2) is 5.66. The van der Waals surface area contributed by atoms with E-state index in [-0.39, 0.29) is 23.6 Å². The summed E-state index contributed by atoms with van der Waals surface area (Å²) in [6.07, 6.45) is 3.06. The number of carbonyl (C=O) groups is 3. The van der Waals surface area contributed by atoms with Crippen LogP contribution in [0, 0.1) is 0 Å². The van der Waals surface area contributed by atoms with E-state index >= 15 is 0 Å². The number of nitrogens with two attached hydrogens (primary N) is 1. The lowest BCUT2D eigenvalue weighted by molar-refractivity contribution is -0.123. The Morgan fingerprint density at radius 3 is 2.20 bits per heavy atom. The topological polar surface area (TPSA) is 92.5 Å². The summed E-state index contributed by atoms with van der Waals surface area (Å²) in [4.78, 5) is 35.8. The molecule has 0 fully saturated rings. The van der Waals surface area contributed by atoms with E-state index in [1.165, 1.54) is 12.2 Å². The Kier molecular flexibility index (Phi) is 3.95. The van der Waals surface area contributed by atoms with Crippen LogP contribution in [0.4, 0.5) is 5.69 Å². The summed E-state index contributed by atoms with van der Waals surface area (Å²) >= 11 is 0. The molecule has 0 spiro atoms. The quantitative estimate of drug-likeness (QED) is 0.363. The van der Waals surface area contributed by atoms with Crippen molar-refractivity contribution < 1.29 is 14.4 Å². The molecule has 0 bridgehead atoms. The molecular weight excluding hydrogens is 258 g/mol. The first-order valence-corrected chi connectivity index (χ1v) is 6.25. The maximum absolute atomic E-state index is 11.6. The van der Waals surface area contributed by atoms with E-state index in [0.29, 0.717) is 12.1 Å². The molecule has 1 aliphatic rings. The molecule has 0 radical (unpaired) electrons. The smallest absolute Gasteiger partial charge is 0.258 e. The molecule has 0 aromatic heterocycles. The zero-order chi connectivity index (χ0) is 14.7. The Hall–Kier alpha value is -2.47. The minimum absolute atomic E-state index is 0.268. The number of benzene rings is 1. The van der Waals surface area contributed by atoms with Gasteiger partial charge in [0.2, 0.25) is 5.91 Å². The van der Waals surface area contributed by atoms with Gasteiger partial charge >= 0.3 is 0 Å². The molecular formula is C14H15N3O3. The highest BCUT2D eigenvalue weighted by atomic mass is 16.2. The summed E-state index contributed by atoms with van der Waals surface area (Å²) < 4.78 is 0. The number of amides is 3. The number of hydrogen-bond acceptors (Lipinski definition) is 4. The lowest BCUT2D eigenvalue weighted by atomic mass is 9.95. The second-order valence-electron chi connectivity index (χ2n) is 4.41. The molecule has 20 heavy (non-hydrogen) atoms. The van der Waals surface area contributed by atoms with Crippen LogP contribution in [-0.4, -0.2) is 17.7 Å². The van der Waals surface area contributed by atoms with E-state index in [2.05, 4.69) is 5.43 Å². The third-order valence-corrected chi connectivity index (χ3v) is 3.23. The van der Waals surface area contributed by atoms with Crippen LogP contribution in [0.2, 0.25) is 0 Å². The van der Waals surface area contributed by atoms with Gasteiger partial charge in [-0.1, -0.05) is 19.1 Å². The first kappa shape index (κ1) is 14.0. The highest BCUT2D eigenvalue weighted by Gasteiger charge is 2.25. The number of nitrogens with one attached hydrogen (secondary N) is 1. The van der Waals surface area contributed by atoms with Gasteiger partial charge in [0.15, 0.2) is 0 Å². The van der Waals surface area contributed by atoms with Gasteiger partial charge in [-0.15, -0.1) is 0 Å². The third kappa shape index (κ3) is 2.46. The standard InChI is InChI=1S/C14H15N3O3/c1-2-11(14(20)16-15)9-3-5-10(6-4-9)17-12(18)7-8-13(17)19/h3-8,11H,2,15H2,1H3,(H,16,20). The number of anilines is 1. The Morgan fingerprint density at radius 1 is 1.20 bits per heavy atom. The van der Waals surface area contributed by atoms with Crippen molar-refractivity contribution in [1.29, 1.82) is 0 Å². The second-order valence-corrected chi connectivity index (χ2v) is 4.41. The van der Waals surface area contributed by atoms with E-state index in [1.54, 1.807) is 24.3 Å². The van der Waals surface area contributed by atoms with Crippen LogP contribution in [0.15, 0.2) is 36.4 Å². The van der Waals surface area contributed by atoms with Crippen molar-refractivity contribution in [2.45, 2.75) is 19.3 Å². The molecule has 1 heterocycles. The van der Waals surface area contributed by atoms with Gasteiger partial charge in [0.1, 0.15) is 0 Å². The Morgan fingerprint density at radius 2 is 1.75 bits per heavy atom. The normalized spacial score (nSPS) is 15.6. The molecule has 6 heteroatoms. The molecule has 1 aromatic carbocycles. The molecule has 1 aromatic rings. The van der Waals surface area contributed by atoms with E-state index in [1.807, 2.05) is 6.92 Å². The molecule has 6 nitrogen and oxygen atoms in total. The van der Waals surface area contributed by atoms with Gasteiger partial charge in [0, 0.05) is 12.2 Å². The summed E-state index contributed by atoms with van der Waals surface area (Å²) in [6, 6.07) is 6.73. The molecule has 0 saturated heterocycles. The molecule has 2 rings (SSSR count). The molecule has 3 amide bonds. The zero-order valence-electron chi connectivity index (χ0n) is 11.0. The molecule has 1 unspecified atom stereocenters. The fourth-order valence-electron chi connectivity index (χ4n) is 2.18. The maximum Gasteiger partial charge on any atom is 0.258 e. The number of rotatable bonds is 4. The SMILES string of the molecule is CCC(C(=O)NN)c1ccc(N2C(=O)C=CC2=O)cc1. The van der Waals surface area contributed by atoms with Crippen LogP contribution in [0.1, 0.15) is 24.8 Å². The van der Waals surface area contributed by atoms with Gasteiger partial charge < -0.3 is 0 Å². The van der Waals surface area contributed by atoms with Crippen molar-refractivity contribution in [3.8, 4) is 0 Å². The van der Waals surface area contributed by atoms with Crippen LogP contribution in [-0.2, 0) is 14.4 Å². The summed E-state index contributed by atoms with van der Waals surface area (Å²) in [5, 5.41) is 0. The van der Waals surface area contributed by atoms with E-state index in [0.717, 1.165) is 10.5 Å². The largest absolute Gasteiger partial charge is 0.294 e. The molecule has 0 aliphatic carbocycles. The molecule has 1 atom stereocenters. The van der Waals surface area contributed by atoms with Crippen molar-refractivity contribution in [2.24, 2.45) is 5.84 Å². The summed E-state index contributed by atoms with van der Waals surface area (Å²) in [6.45, 7) is 1.88. The Bertz CT molecular complexity index is 560. The predicted molar refractivity (Wildman–Crippen MR) is 73.4 cm³/mol. The van der Waals surface area contributed by atoms with Gasteiger partial charge in [0.25, 0.3) is 11.8 Å². The van der Waals surface area contributed by atoms with Crippen molar-refractivity contribution in [3.63, 3.8) is 0 Å². The Balaban J connectivity index is 2.24. The lowest BCUT2D eigenvalue weighted by Gasteiger charge is -2.17. The number of hydrogen-bond donors (Lipinski definition) is 2. The zero-order valence-corrected chi connectivity index (χ0v) is 11.0. The highest BCUT2D eigenvalue weighted by Crippen LogP contribution is 2.24. The number of carbonyl (C=O) groups excluding carboxylic acids is 3. The lowest BCUT2D eigenvalue weighted by Crippen LogP contribution is -2.34. The van der Waals surface area contributed by atoms with Crippen LogP contribution in [0.25, 0.3) is 0 Å². The van der Waals surface area contributed by atoms with Gasteiger partial charge in [-0.25, -0.2) is 10.7 Å². The first-order valence-electron chi connectivity index (χ1n) is 6.25. The molecule has 0 saturated carbocycles. The summed E-state index contributed by atoms with van der Waals surface area (Å²) in [7, 11) is 0. The van der Waals surface area contributed by atoms with E-state index in [9.17, 15) is 14.4 Å². The minimum atomic E-state index is -0.366. The fourth-order valence-corrected chi connectivity index (χ4v) is 2.18. The van der Waals surface area contributed by atoms with Crippen LogP contribution in [0.3, 0.4) is 0 Å². The van der Waals surface area contributed by atoms with Crippen molar-refractivity contribution in [3.05, 3.63) is 42.0 Å². The van der Waals surface area contributed by atoms with Gasteiger partial charge in [0.05, 0.1) is 11.6 Å². The average Bonchev–Trinajstić information content (AvgIpc) is 2.79. The predicted octanol–water partition coefficient (Wildman–Crippen LogP) is 0.599. The number of imide groups is 1. The molecule has 1 aliphatic heterocycles. The Labute approximate surface area is 116 Å². The third-order valence-electron chi connectivity index (χ3n) is 3.23. The van der Waals surface area contributed by atoms with Crippen molar-refractivity contribution in [2.75, 3.05) is 4.90 Å². The van der Waals surface area contributed by atoms with Crippen molar-refractivity contribution >= 4 is 23.4 Å². The van der Waals surface area contributed by atoms with Gasteiger partial charge in [-0.2, -0.15) is 0 Å². The summed E-state index contributed by atoms with van der Waals surface area (Å²) in [5.74, 6) is 3.80. The highest BCUT2D eigenvalue weighted by molar-refractivity contribution is 6.28. The van der Waals surface area contributed by atoms with Crippen molar-refractivity contribution in [1.82, 2.24) is 5.43 Å². The minimum Gasteiger partial charge on any atom is -0.294 e. The van der Waals surface area contributed by atoms with E-state index < -0.39 is 0 Å². The summed E-state index contributed by atoms with van der Waals surface area (Å²) in [5.41, 5.74) is 3.40. The molecule has 104 valence electrons. The average molecular weight is 273 g/mol. The van der Waals surface area contributed by atoms with Crippen LogP contribution < -0.4 is 16.2 Å². The maximum atomic E-state index is 11.6. The van der Waals surface area contributed by atoms with Gasteiger partial charge in [-0.3, -0.25) is 19.8 Å².